The van der Waals surface area contributed by atoms with E-state index >= 15 is 0 Å². The minimum absolute atomic E-state index is 0.0328. The number of hydrogen-bond donors (Lipinski definition) is 2. The molecule has 2 aromatic carbocycles. The van der Waals surface area contributed by atoms with Gasteiger partial charge in [0.2, 0.25) is 5.91 Å². The molecule has 0 aliphatic heterocycles. The van der Waals surface area contributed by atoms with Gasteiger partial charge in [0.15, 0.2) is 0 Å². The first kappa shape index (κ1) is 18.2. The molecule has 1 aliphatic rings. The van der Waals surface area contributed by atoms with Crippen LogP contribution in [0.1, 0.15) is 24.8 Å². The average molecular weight is 370 g/mol. The van der Waals surface area contributed by atoms with Gasteiger partial charge in [-0.05, 0) is 62.1 Å². The zero-order valence-corrected chi connectivity index (χ0v) is 15.4. The molecule has 136 valence electrons. The Morgan fingerprint density at radius 1 is 1.04 bits per heavy atom. The molecule has 1 aliphatic carbocycles. The van der Waals surface area contributed by atoms with E-state index in [4.69, 9.17) is 0 Å². The Kier molecular flexibility index (Phi) is 5.42. The Morgan fingerprint density at radius 3 is 2.31 bits per heavy atom. The van der Waals surface area contributed by atoms with Gasteiger partial charge in [0, 0.05) is 17.8 Å². The van der Waals surface area contributed by atoms with Crippen LogP contribution in [0.15, 0.2) is 65.6 Å². The van der Waals surface area contributed by atoms with Crippen molar-refractivity contribution in [3.63, 3.8) is 0 Å². The summed E-state index contributed by atoms with van der Waals surface area (Å²) < 4.78 is 27.3. The van der Waals surface area contributed by atoms with Crippen molar-refractivity contribution in [2.45, 2.75) is 31.1 Å². The molecule has 2 aromatic rings. The zero-order valence-electron chi connectivity index (χ0n) is 14.6. The highest BCUT2D eigenvalue weighted by atomic mass is 32.2. The number of carbonyl (C=O) groups excluding carboxylic acids is 1. The molecule has 0 saturated heterocycles. The van der Waals surface area contributed by atoms with E-state index in [1.165, 1.54) is 0 Å². The van der Waals surface area contributed by atoms with Crippen molar-refractivity contribution in [3.05, 3.63) is 66.2 Å². The number of benzene rings is 2. The summed E-state index contributed by atoms with van der Waals surface area (Å²) in [6.07, 6.45) is 6.72. The molecule has 3 rings (SSSR count). The van der Waals surface area contributed by atoms with Gasteiger partial charge in [-0.25, -0.2) is 8.42 Å². The maximum atomic E-state index is 12.4. The molecule has 0 heterocycles. The maximum absolute atomic E-state index is 12.4. The van der Waals surface area contributed by atoms with E-state index < -0.39 is 10.0 Å². The Morgan fingerprint density at radius 2 is 1.69 bits per heavy atom. The predicted molar refractivity (Wildman–Crippen MR) is 104 cm³/mol. The lowest BCUT2D eigenvalue weighted by atomic mass is 10.1. The highest BCUT2D eigenvalue weighted by Gasteiger charge is 2.15. The quantitative estimate of drug-likeness (QED) is 0.752. The number of aryl methyl sites for hydroxylation is 1. The summed E-state index contributed by atoms with van der Waals surface area (Å²) >= 11 is 0. The van der Waals surface area contributed by atoms with Crippen LogP contribution in [0, 0.1) is 12.8 Å². The second kappa shape index (κ2) is 7.74. The lowest BCUT2D eigenvalue weighted by molar-refractivity contribution is -0.116. The molecular weight excluding hydrogens is 348 g/mol. The number of allylic oxidation sites excluding steroid dienone is 2. The average Bonchev–Trinajstić information content (AvgIpc) is 3.09. The number of amides is 1. The Hall–Kier alpha value is -2.60. The first-order valence-electron chi connectivity index (χ1n) is 8.58. The molecule has 5 nitrogen and oxygen atoms in total. The first-order valence-corrected chi connectivity index (χ1v) is 10.1. The summed E-state index contributed by atoms with van der Waals surface area (Å²) in [5, 5.41) is 2.85. The highest BCUT2D eigenvalue weighted by Crippen LogP contribution is 2.22. The Balaban J connectivity index is 1.61. The highest BCUT2D eigenvalue weighted by molar-refractivity contribution is 7.92. The molecule has 0 saturated carbocycles. The lowest BCUT2D eigenvalue weighted by Crippen LogP contribution is -2.15. The number of carbonyl (C=O) groups is 1. The number of nitrogens with one attached hydrogen (secondary N) is 2. The van der Waals surface area contributed by atoms with Gasteiger partial charge in [0.25, 0.3) is 10.0 Å². The van der Waals surface area contributed by atoms with Gasteiger partial charge >= 0.3 is 0 Å². The number of rotatable bonds is 6. The van der Waals surface area contributed by atoms with Crippen LogP contribution in [0.25, 0.3) is 0 Å². The van der Waals surface area contributed by atoms with Crippen molar-refractivity contribution in [1.29, 1.82) is 0 Å². The first-order chi connectivity index (χ1) is 12.4. The summed E-state index contributed by atoms with van der Waals surface area (Å²) in [6.45, 7) is 1.90. The SMILES string of the molecule is Cc1ccc(S(=O)(=O)Nc2ccc(NC(=O)CC3C=CCC3)cc2)cc1. The van der Waals surface area contributed by atoms with E-state index in [2.05, 4.69) is 22.2 Å². The van der Waals surface area contributed by atoms with Crippen LogP contribution in [0.5, 0.6) is 0 Å². The molecule has 26 heavy (non-hydrogen) atoms. The van der Waals surface area contributed by atoms with E-state index in [9.17, 15) is 13.2 Å². The van der Waals surface area contributed by atoms with E-state index in [1.54, 1.807) is 48.5 Å². The second-order valence-corrected chi connectivity index (χ2v) is 8.20. The molecule has 0 aromatic heterocycles. The third kappa shape index (κ3) is 4.73. The van der Waals surface area contributed by atoms with Crippen LogP contribution >= 0.6 is 0 Å². The van der Waals surface area contributed by atoms with Gasteiger partial charge in [0.05, 0.1) is 4.90 Å². The third-order valence-electron chi connectivity index (χ3n) is 4.31. The van der Waals surface area contributed by atoms with Crippen molar-refractivity contribution in [2.75, 3.05) is 10.0 Å². The molecule has 1 atom stereocenters. The number of sulfonamides is 1. The Bertz CT molecular complexity index is 901. The minimum Gasteiger partial charge on any atom is -0.326 e. The van der Waals surface area contributed by atoms with Gasteiger partial charge in [-0.2, -0.15) is 0 Å². The molecule has 0 spiro atoms. The van der Waals surface area contributed by atoms with Crippen LogP contribution in [-0.4, -0.2) is 14.3 Å². The van der Waals surface area contributed by atoms with Gasteiger partial charge in [-0.1, -0.05) is 29.8 Å². The fourth-order valence-electron chi connectivity index (χ4n) is 2.87. The fourth-order valence-corrected chi connectivity index (χ4v) is 3.93. The van der Waals surface area contributed by atoms with Crippen molar-refractivity contribution >= 4 is 27.3 Å². The molecular formula is C20H22N2O3S. The fraction of sp³-hybridized carbons (Fsp3) is 0.250. The largest absolute Gasteiger partial charge is 0.326 e. The summed E-state index contributed by atoms with van der Waals surface area (Å²) in [5.41, 5.74) is 2.09. The zero-order chi connectivity index (χ0) is 18.6. The Labute approximate surface area is 154 Å². The third-order valence-corrected chi connectivity index (χ3v) is 5.71. The normalized spacial score (nSPS) is 16.4. The summed E-state index contributed by atoms with van der Waals surface area (Å²) in [6, 6.07) is 13.3. The summed E-state index contributed by atoms with van der Waals surface area (Å²) in [7, 11) is -3.63. The molecule has 2 N–H and O–H groups in total. The minimum atomic E-state index is -3.63. The smallest absolute Gasteiger partial charge is 0.261 e. The van der Waals surface area contributed by atoms with Crippen molar-refractivity contribution in [3.8, 4) is 0 Å². The monoisotopic (exact) mass is 370 g/mol. The molecule has 0 radical (unpaired) electrons. The molecule has 6 heteroatoms. The lowest BCUT2D eigenvalue weighted by Gasteiger charge is -2.11. The van der Waals surface area contributed by atoms with Gasteiger partial charge in [0.1, 0.15) is 0 Å². The number of hydrogen-bond acceptors (Lipinski definition) is 3. The van der Waals surface area contributed by atoms with Crippen LogP contribution in [0.4, 0.5) is 11.4 Å². The van der Waals surface area contributed by atoms with Crippen LogP contribution < -0.4 is 10.0 Å². The summed E-state index contributed by atoms with van der Waals surface area (Å²) in [5.74, 6) is 0.283. The maximum Gasteiger partial charge on any atom is 0.261 e. The second-order valence-electron chi connectivity index (χ2n) is 6.51. The van der Waals surface area contributed by atoms with Crippen molar-refractivity contribution in [2.24, 2.45) is 5.92 Å². The molecule has 1 amide bonds. The predicted octanol–water partition coefficient (Wildman–Crippen LogP) is 4.09. The van der Waals surface area contributed by atoms with Gasteiger partial charge in [-0.3, -0.25) is 9.52 Å². The number of anilines is 2. The van der Waals surface area contributed by atoms with E-state index in [0.29, 0.717) is 23.7 Å². The van der Waals surface area contributed by atoms with Crippen LogP contribution in [0.3, 0.4) is 0 Å². The molecule has 0 fully saturated rings. The van der Waals surface area contributed by atoms with E-state index in [-0.39, 0.29) is 10.8 Å². The molecule has 1 unspecified atom stereocenters. The topological polar surface area (TPSA) is 75.3 Å². The van der Waals surface area contributed by atoms with Crippen LogP contribution in [0.2, 0.25) is 0 Å². The van der Waals surface area contributed by atoms with E-state index in [0.717, 1.165) is 18.4 Å². The van der Waals surface area contributed by atoms with Gasteiger partial charge in [-0.15, -0.1) is 0 Å². The molecule has 0 bridgehead atoms. The standard InChI is InChI=1S/C20H22N2O3S/c1-15-6-12-19(13-7-15)26(24,25)22-18-10-8-17(9-11-18)21-20(23)14-16-4-2-3-5-16/h2,4,6-13,16,22H,3,5,14H2,1H3,(H,21,23). The van der Waals surface area contributed by atoms with E-state index in [1.807, 2.05) is 6.92 Å². The van der Waals surface area contributed by atoms with Crippen LogP contribution in [-0.2, 0) is 14.8 Å². The van der Waals surface area contributed by atoms with Crippen molar-refractivity contribution < 1.29 is 13.2 Å². The van der Waals surface area contributed by atoms with Gasteiger partial charge < -0.3 is 5.32 Å². The van der Waals surface area contributed by atoms with Crippen molar-refractivity contribution in [1.82, 2.24) is 0 Å². The summed E-state index contributed by atoms with van der Waals surface area (Å²) in [4.78, 5) is 12.3.